The Bertz CT molecular complexity index is 638. The van der Waals surface area contributed by atoms with E-state index >= 15 is 0 Å². The van der Waals surface area contributed by atoms with E-state index in [2.05, 4.69) is 5.32 Å². The first-order chi connectivity index (χ1) is 10.2. The molecule has 22 heavy (non-hydrogen) atoms. The lowest BCUT2D eigenvalue weighted by Crippen LogP contribution is -2.41. The van der Waals surface area contributed by atoms with Gasteiger partial charge in [-0.25, -0.2) is 4.39 Å². The fraction of sp³-hybridized carbons (Fsp3) is 0.312. The zero-order valence-corrected chi connectivity index (χ0v) is 12.7. The van der Waals surface area contributed by atoms with Gasteiger partial charge in [0.2, 0.25) is 0 Å². The van der Waals surface area contributed by atoms with Gasteiger partial charge in [0.15, 0.2) is 5.76 Å². The molecule has 1 aromatic carbocycles. The van der Waals surface area contributed by atoms with Crippen LogP contribution < -0.4 is 11.1 Å². The minimum Gasteiger partial charge on any atom is -0.451 e. The highest BCUT2D eigenvalue weighted by Gasteiger charge is 2.31. The molecule has 1 aliphatic carbocycles. The fourth-order valence-electron chi connectivity index (χ4n) is 2.34. The quantitative estimate of drug-likeness (QED) is 0.888. The molecule has 6 heteroatoms. The summed E-state index contributed by atoms with van der Waals surface area (Å²) in [6, 6.07) is 9.28. The monoisotopic (exact) mass is 324 g/mol. The third-order valence-corrected chi connectivity index (χ3v) is 3.72. The number of hydrogen-bond donors (Lipinski definition) is 2. The van der Waals surface area contributed by atoms with Crippen molar-refractivity contribution < 1.29 is 13.6 Å². The number of halogens is 2. The molecule has 1 aromatic heterocycles. The van der Waals surface area contributed by atoms with Crippen LogP contribution in [-0.2, 0) is 0 Å². The molecule has 0 radical (unpaired) electrons. The van der Waals surface area contributed by atoms with E-state index in [0.717, 1.165) is 18.4 Å². The summed E-state index contributed by atoms with van der Waals surface area (Å²) in [7, 11) is 0. The lowest BCUT2D eigenvalue weighted by Gasteiger charge is -2.14. The molecule has 1 fully saturated rings. The Hall–Kier alpha value is -1.85. The Balaban J connectivity index is 0.00000176. The van der Waals surface area contributed by atoms with Gasteiger partial charge >= 0.3 is 0 Å². The maximum atomic E-state index is 12.9. The maximum Gasteiger partial charge on any atom is 0.287 e. The molecule has 3 rings (SSSR count). The second-order valence-electron chi connectivity index (χ2n) is 5.32. The highest BCUT2D eigenvalue weighted by atomic mass is 35.5. The average Bonchev–Trinajstić information content (AvgIpc) is 3.21. The molecule has 1 saturated carbocycles. The van der Waals surface area contributed by atoms with Crippen molar-refractivity contribution in [1.82, 2.24) is 5.32 Å². The largest absolute Gasteiger partial charge is 0.451 e. The number of nitrogens with one attached hydrogen (secondary N) is 1. The van der Waals surface area contributed by atoms with Crippen LogP contribution in [0.1, 0.15) is 23.4 Å². The fourth-order valence-corrected chi connectivity index (χ4v) is 2.34. The summed E-state index contributed by atoms with van der Waals surface area (Å²) in [6.07, 6.45) is 2.22. The van der Waals surface area contributed by atoms with E-state index in [9.17, 15) is 9.18 Å². The van der Waals surface area contributed by atoms with E-state index in [1.54, 1.807) is 24.3 Å². The van der Waals surface area contributed by atoms with Crippen LogP contribution >= 0.6 is 12.4 Å². The molecule has 0 spiro atoms. The zero-order chi connectivity index (χ0) is 14.8. The summed E-state index contributed by atoms with van der Waals surface area (Å²) < 4.78 is 18.4. The van der Waals surface area contributed by atoms with Gasteiger partial charge in [-0.3, -0.25) is 4.79 Å². The topological polar surface area (TPSA) is 68.3 Å². The van der Waals surface area contributed by atoms with Crippen molar-refractivity contribution in [2.75, 3.05) is 6.54 Å². The van der Waals surface area contributed by atoms with Gasteiger partial charge in [0.25, 0.3) is 5.91 Å². The SMILES string of the molecule is Cl.NCC(NC(=O)c1ccc(-c2ccc(F)cc2)o1)C1CC1. The predicted octanol–water partition coefficient (Wildman–Crippen LogP) is 2.97. The lowest BCUT2D eigenvalue weighted by atomic mass is 10.2. The third-order valence-electron chi connectivity index (χ3n) is 3.72. The molecule has 1 unspecified atom stereocenters. The minimum absolute atomic E-state index is 0. The number of hydrogen-bond acceptors (Lipinski definition) is 3. The molecule has 1 amide bonds. The Morgan fingerprint density at radius 1 is 1.27 bits per heavy atom. The van der Waals surface area contributed by atoms with Gasteiger partial charge in [0.05, 0.1) is 0 Å². The van der Waals surface area contributed by atoms with Crippen molar-refractivity contribution in [1.29, 1.82) is 0 Å². The van der Waals surface area contributed by atoms with Crippen LogP contribution in [0.3, 0.4) is 0 Å². The van der Waals surface area contributed by atoms with E-state index in [1.807, 2.05) is 0 Å². The first-order valence-electron chi connectivity index (χ1n) is 7.04. The summed E-state index contributed by atoms with van der Waals surface area (Å²) in [5.41, 5.74) is 6.40. The normalized spacial score (nSPS) is 15.0. The highest BCUT2D eigenvalue weighted by molar-refractivity contribution is 5.92. The molecule has 1 heterocycles. The van der Waals surface area contributed by atoms with Gasteiger partial charge in [-0.1, -0.05) is 0 Å². The Kier molecular flexibility index (Phi) is 5.21. The van der Waals surface area contributed by atoms with Crippen molar-refractivity contribution in [2.45, 2.75) is 18.9 Å². The maximum absolute atomic E-state index is 12.9. The van der Waals surface area contributed by atoms with Gasteiger partial charge in [0.1, 0.15) is 11.6 Å². The first-order valence-corrected chi connectivity index (χ1v) is 7.04. The third kappa shape index (κ3) is 3.67. The number of carbonyl (C=O) groups is 1. The van der Waals surface area contributed by atoms with Crippen molar-refractivity contribution >= 4 is 18.3 Å². The molecule has 1 atom stereocenters. The van der Waals surface area contributed by atoms with Crippen LogP contribution in [0.25, 0.3) is 11.3 Å². The summed E-state index contributed by atoms with van der Waals surface area (Å²) in [5.74, 6) is 0.707. The Morgan fingerprint density at radius 2 is 1.95 bits per heavy atom. The molecule has 0 bridgehead atoms. The molecule has 1 aliphatic rings. The summed E-state index contributed by atoms with van der Waals surface area (Å²) >= 11 is 0. The van der Waals surface area contributed by atoms with Gasteiger partial charge in [-0.15, -0.1) is 12.4 Å². The van der Waals surface area contributed by atoms with Crippen molar-refractivity contribution in [3.05, 3.63) is 48.0 Å². The molecule has 2 aromatic rings. The van der Waals surface area contributed by atoms with E-state index < -0.39 is 0 Å². The predicted molar refractivity (Wildman–Crippen MR) is 84.4 cm³/mol. The second-order valence-corrected chi connectivity index (χ2v) is 5.32. The van der Waals surface area contributed by atoms with E-state index in [4.69, 9.17) is 10.2 Å². The van der Waals surface area contributed by atoms with Crippen LogP contribution in [0.4, 0.5) is 4.39 Å². The Morgan fingerprint density at radius 3 is 2.55 bits per heavy atom. The van der Waals surface area contributed by atoms with E-state index in [1.165, 1.54) is 12.1 Å². The number of nitrogens with two attached hydrogens (primary N) is 1. The molecule has 0 aliphatic heterocycles. The minimum atomic E-state index is -0.307. The van der Waals surface area contributed by atoms with Crippen LogP contribution in [0.15, 0.2) is 40.8 Å². The van der Waals surface area contributed by atoms with Gasteiger partial charge < -0.3 is 15.5 Å². The number of benzene rings is 1. The van der Waals surface area contributed by atoms with Crippen molar-refractivity contribution in [3.63, 3.8) is 0 Å². The number of carbonyl (C=O) groups excluding carboxylic acids is 1. The second kappa shape index (κ2) is 6.94. The van der Waals surface area contributed by atoms with E-state index in [-0.39, 0.29) is 35.9 Å². The highest BCUT2D eigenvalue weighted by Crippen LogP contribution is 2.32. The van der Waals surface area contributed by atoms with Gasteiger partial charge in [-0.2, -0.15) is 0 Å². The van der Waals surface area contributed by atoms with Crippen LogP contribution in [0, 0.1) is 11.7 Å². The van der Waals surface area contributed by atoms with Crippen LogP contribution in [0.5, 0.6) is 0 Å². The van der Waals surface area contributed by atoms with Crippen molar-refractivity contribution in [3.8, 4) is 11.3 Å². The first kappa shape index (κ1) is 16.5. The van der Waals surface area contributed by atoms with Gasteiger partial charge in [-0.05, 0) is 55.2 Å². The summed E-state index contributed by atoms with van der Waals surface area (Å²) in [6.45, 7) is 0.432. The van der Waals surface area contributed by atoms with Crippen LogP contribution in [0.2, 0.25) is 0 Å². The van der Waals surface area contributed by atoms with Gasteiger partial charge in [0, 0.05) is 18.2 Å². The standard InChI is InChI=1S/C16H17FN2O2.ClH/c17-12-5-3-11(4-6-12)14-7-8-15(21-14)16(20)19-13(9-18)10-1-2-10;/h3-8,10,13H,1-2,9,18H2,(H,19,20);1H. The average molecular weight is 325 g/mol. The Labute approximate surface area is 134 Å². The smallest absolute Gasteiger partial charge is 0.287 e. The van der Waals surface area contributed by atoms with E-state index in [0.29, 0.717) is 18.2 Å². The summed E-state index contributed by atoms with van der Waals surface area (Å²) in [4.78, 5) is 12.1. The molecule has 118 valence electrons. The molecular formula is C16H18ClFN2O2. The molecule has 4 nitrogen and oxygen atoms in total. The molecular weight excluding hydrogens is 307 g/mol. The number of furan rings is 1. The summed E-state index contributed by atoms with van der Waals surface area (Å²) in [5, 5.41) is 2.90. The van der Waals surface area contributed by atoms with Crippen molar-refractivity contribution in [2.24, 2.45) is 11.7 Å². The lowest BCUT2D eigenvalue weighted by molar-refractivity contribution is 0.0906. The molecule has 0 saturated heterocycles. The number of rotatable bonds is 5. The molecule has 3 N–H and O–H groups in total. The number of amides is 1. The van der Waals surface area contributed by atoms with Crippen LogP contribution in [-0.4, -0.2) is 18.5 Å². The zero-order valence-electron chi connectivity index (χ0n) is 11.9.